The number of carbonyl (C=O) groups is 7. The fourth-order valence-electron chi connectivity index (χ4n) is 6.06. The molecule has 3 aromatic carbocycles. The molecule has 302 valence electrons. The monoisotopic (exact) mass is 784 g/mol. The van der Waals surface area contributed by atoms with Gasteiger partial charge in [-0.3, -0.25) is 33.6 Å². The summed E-state index contributed by atoms with van der Waals surface area (Å²) in [7, 11) is 0. The molecular weight excluding hydrogens is 736 g/mol. The number of phenolic OH excluding ortho intramolecular Hbond substituents is 1. The molecule has 5 atom stereocenters. The topological polar surface area (TPSA) is 288 Å². The van der Waals surface area contributed by atoms with Crippen molar-refractivity contribution in [3.63, 3.8) is 0 Å². The van der Waals surface area contributed by atoms with Crippen molar-refractivity contribution in [2.24, 2.45) is 11.5 Å². The van der Waals surface area contributed by atoms with Gasteiger partial charge in [0.05, 0.1) is 19.0 Å². The van der Waals surface area contributed by atoms with E-state index < -0.39 is 84.6 Å². The number of hydrogen-bond donors (Lipinski definition) is 10. The number of phenols is 1. The van der Waals surface area contributed by atoms with Gasteiger partial charge in [0.2, 0.25) is 35.4 Å². The molecule has 1 aromatic heterocycles. The van der Waals surface area contributed by atoms with E-state index in [9.17, 15) is 43.8 Å². The van der Waals surface area contributed by atoms with E-state index in [4.69, 9.17) is 11.5 Å². The summed E-state index contributed by atoms with van der Waals surface area (Å²) in [5, 5.41) is 32.5. The molecule has 0 spiro atoms. The number of amides is 6. The van der Waals surface area contributed by atoms with E-state index in [1.54, 1.807) is 48.7 Å². The van der Waals surface area contributed by atoms with Crippen LogP contribution in [0.4, 0.5) is 0 Å². The van der Waals surface area contributed by atoms with Crippen molar-refractivity contribution in [3.8, 4) is 5.75 Å². The van der Waals surface area contributed by atoms with Gasteiger partial charge in [-0.25, -0.2) is 0 Å². The van der Waals surface area contributed by atoms with Crippen LogP contribution in [-0.4, -0.2) is 87.3 Å². The van der Waals surface area contributed by atoms with Crippen LogP contribution in [0.2, 0.25) is 0 Å². The van der Waals surface area contributed by atoms with Crippen molar-refractivity contribution in [1.82, 2.24) is 31.6 Å². The molecule has 0 aliphatic rings. The molecule has 0 radical (unpaired) electrons. The normalized spacial score (nSPS) is 13.6. The van der Waals surface area contributed by atoms with Gasteiger partial charge in [0.1, 0.15) is 29.9 Å². The highest BCUT2D eigenvalue weighted by molar-refractivity contribution is 5.97. The summed E-state index contributed by atoms with van der Waals surface area (Å²) in [4.78, 5) is 94.2. The van der Waals surface area contributed by atoms with E-state index in [1.165, 1.54) is 12.1 Å². The van der Waals surface area contributed by atoms with Gasteiger partial charge < -0.3 is 53.2 Å². The number of rotatable bonds is 21. The van der Waals surface area contributed by atoms with Gasteiger partial charge in [0.15, 0.2) is 0 Å². The molecular formula is C40H48N8O9. The molecule has 4 aromatic rings. The number of carboxylic acid groups (broad SMARTS) is 1. The Morgan fingerprint density at radius 1 is 0.737 bits per heavy atom. The molecule has 1 heterocycles. The number of carbonyl (C=O) groups excluding carboxylic acids is 6. The number of nitrogens with one attached hydrogen (secondary N) is 6. The number of fused-ring (bicyclic) bond motifs is 1. The predicted octanol–water partition coefficient (Wildman–Crippen LogP) is 0.564. The Hall–Kier alpha value is -6.75. The summed E-state index contributed by atoms with van der Waals surface area (Å²) < 4.78 is 0. The van der Waals surface area contributed by atoms with Crippen LogP contribution in [0.5, 0.6) is 5.75 Å². The lowest BCUT2D eigenvalue weighted by atomic mass is 10.0. The first kappa shape index (κ1) is 43.0. The van der Waals surface area contributed by atoms with Crippen molar-refractivity contribution in [2.45, 2.75) is 75.7 Å². The van der Waals surface area contributed by atoms with Gasteiger partial charge in [-0.1, -0.05) is 80.4 Å². The Labute approximate surface area is 328 Å². The fraction of sp³-hybridized carbons (Fsp3) is 0.325. The summed E-state index contributed by atoms with van der Waals surface area (Å²) in [6.07, 6.45) is 2.08. The Bertz CT molecular complexity index is 2040. The van der Waals surface area contributed by atoms with E-state index in [2.05, 4.69) is 31.6 Å². The Balaban J connectivity index is 1.50. The average Bonchev–Trinajstić information content (AvgIpc) is 3.60. The van der Waals surface area contributed by atoms with Crippen LogP contribution in [0.3, 0.4) is 0 Å². The van der Waals surface area contributed by atoms with E-state index in [0.29, 0.717) is 29.5 Å². The number of para-hydroxylation sites is 1. The lowest BCUT2D eigenvalue weighted by molar-refractivity contribution is -0.141. The third-order valence-corrected chi connectivity index (χ3v) is 9.10. The van der Waals surface area contributed by atoms with Crippen LogP contribution in [-0.2, 0) is 46.4 Å². The fourth-order valence-corrected chi connectivity index (χ4v) is 6.06. The molecule has 0 saturated carbocycles. The third-order valence-electron chi connectivity index (χ3n) is 9.10. The second-order valence-corrected chi connectivity index (χ2v) is 13.5. The molecule has 17 nitrogen and oxygen atoms in total. The molecule has 57 heavy (non-hydrogen) atoms. The average molecular weight is 785 g/mol. The number of hydrogen-bond acceptors (Lipinski definition) is 9. The number of carboxylic acids is 1. The van der Waals surface area contributed by atoms with E-state index in [0.717, 1.165) is 10.9 Å². The highest BCUT2D eigenvalue weighted by Gasteiger charge is 2.33. The molecule has 0 aliphatic carbocycles. The standard InChI is InChI=1S/C40H48N8O9/c1-2-3-12-30(38(55)47-32(20-34(51)52)40(57)48-35(36(42)53)24-9-5-4-6-10-24)46-39(56)31(19-25-21-43-29-13-8-7-11-27(25)29)45-33(50)22-44-37(54)28(41)18-23-14-16-26(49)17-15-23/h4-11,13-17,21,28,30-32,35,43,49H,2-3,12,18-20,22,41H2,1H3,(H2,42,53)(H,44,54)(H,45,50)(H,46,56)(H,47,55)(H,48,57)(H,51,52)/t28-,30-,31-,32-,35-/m0/s1. The molecule has 0 bridgehead atoms. The zero-order valence-electron chi connectivity index (χ0n) is 31.3. The number of aromatic amines is 1. The Kier molecular flexibility index (Phi) is 15.7. The zero-order valence-corrected chi connectivity index (χ0v) is 31.3. The molecule has 6 amide bonds. The van der Waals surface area contributed by atoms with Gasteiger partial charge in [-0.2, -0.15) is 0 Å². The van der Waals surface area contributed by atoms with Crippen LogP contribution in [0.15, 0.2) is 85.1 Å². The van der Waals surface area contributed by atoms with Crippen LogP contribution < -0.4 is 38.1 Å². The summed E-state index contributed by atoms with van der Waals surface area (Å²) in [6.45, 7) is 1.33. The maximum atomic E-state index is 14.0. The Morgan fingerprint density at radius 3 is 2.04 bits per heavy atom. The molecule has 0 aliphatic heterocycles. The number of aliphatic carboxylic acids is 1. The van der Waals surface area contributed by atoms with Gasteiger partial charge in [0, 0.05) is 23.5 Å². The van der Waals surface area contributed by atoms with Gasteiger partial charge in [0.25, 0.3) is 0 Å². The molecule has 4 rings (SSSR count). The van der Waals surface area contributed by atoms with E-state index >= 15 is 0 Å². The smallest absolute Gasteiger partial charge is 0.305 e. The summed E-state index contributed by atoms with van der Waals surface area (Å²) in [5.74, 6) is -6.27. The van der Waals surface area contributed by atoms with Gasteiger partial charge in [-0.05, 0) is 47.7 Å². The molecule has 0 unspecified atom stereocenters. The number of H-pyrrole nitrogens is 1. The highest BCUT2D eigenvalue weighted by atomic mass is 16.4. The van der Waals surface area contributed by atoms with Crippen LogP contribution >= 0.6 is 0 Å². The largest absolute Gasteiger partial charge is 0.508 e. The lowest BCUT2D eigenvalue weighted by Crippen LogP contribution is -2.58. The molecule has 12 N–H and O–H groups in total. The number of unbranched alkanes of at least 4 members (excludes halogenated alkanes) is 1. The predicted molar refractivity (Wildman–Crippen MR) is 209 cm³/mol. The number of nitrogens with two attached hydrogens (primary N) is 2. The number of benzene rings is 3. The van der Waals surface area contributed by atoms with Crippen molar-refractivity contribution in [3.05, 3.63) is 102 Å². The van der Waals surface area contributed by atoms with Crippen molar-refractivity contribution < 1.29 is 43.8 Å². The zero-order chi connectivity index (χ0) is 41.5. The molecule has 0 saturated heterocycles. The van der Waals surface area contributed by atoms with E-state index in [-0.39, 0.29) is 25.0 Å². The van der Waals surface area contributed by atoms with Crippen LogP contribution in [0, 0.1) is 0 Å². The highest BCUT2D eigenvalue weighted by Crippen LogP contribution is 2.20. The van der Waals surface area contributed by atoms with Crippen molar-refractivity contribution >= 4 is 52.3 Å². The quantitative estimate of drug-likeness (QED) is 0.0560. The lowest BCUT2D eigenvalue weighted by Gasteiger charge is -2.26. The maximum absolute atomic E-state index is 14.0. The minimum absolute atomic E-state index is 0.0317. The number of aromatic nitrogens is 1. The first-order valence-corrected chi connectivity index (χ1v) is 18.4. The maximum Gasteiger partial charge on any atom is 0.305 e. The number of primary amides is 1. The summed E-state index contributed by atoms with van der Waals surface area (Å²) >= 11 is 0. The van der Waals surface area contributed by atoms with Gasteiger partial charge in [-0.15, -0.1) is 0 Å². The second kappa shape index (κ2) is 20.8. The van der Waals surface area contributed by atoms with E-state index in [1.807, 2.05) is 31.2 Å². The van der Waals surface area contributed by atoms with Crippen molar-refractivity contribution in [1.29, 1.82) is 0 Å². The first-order chi connectivity index (χ1) is 27.2. The third kappa shape index (κ3) is 12.9. The Morgan fingerprint density at radius 2 is 1.37 bits per heavy atom. The number of aromatic hydroxyl groups is 1. The van der Waals surface area contributed by atoms with Gasteiger partial charge >= 0.3 is 5.97 Å². The summed E-state index contributed by atoms with van der Waals surface area (Å²) in [6, 6.07) is 14.9. The minimum Gasteiger partial charge on any atom is -0.508 e. The molecule has 17 heteroatoms. The summed E-state index contributed by atoms with van der Waals surface area (Å²) in [5.41, 5.74) is 14.0. The SMILES string of the molecule is CCCC[C@H](NC(=O)[C@H](Cc1c[nH]c2ccccc12)NC(=O)CNC(=O)[C@@H](N)Cc1ccc(O)cc1)C(=O)N[C@@H](CC(=O)O)C(=O)N[C@H](C(N)=O)c1ccccc1. The van der Waals surface area contributed by atoms with Crippen LogP contribution in [0.1, 0.15) is 55.3 Å². The van der Waals surface area contributed by atoms with Crippen molar-refractivity contribution in [2.75, 3.05) is 6.54 Å². The molecule has 0 fully saturated rings. The minimum atomic E-state index is -1.66. The van der Waals surface area contributed by atoms with Crippen LogP contribution in [0.25, 0.3) is 10.9 Å². The first-order valence-electron chi connectivity index (χ1n) is 18.4. The second-order valence-electron chi connectivity index (χ2n) is 13.5.